The van der Waals surface area contributed by atoms with E-state index in [-0.39, 0.29) is 0 Å². The zero-order valence-corrected chi connectivity index (χ0v) is 12.6. The fourth-order valence-corrected chi connectivity index (χ4v) is 2.54. The van der Waals surface area contributed by atoms with Gasteiger partial charge < -0.3 is 5.73 Å². The monoisotopic (exact) mass is 288 g/mol. The number of benzene rings is 1. The van der Waals surface area contributed by atoms with Crippen LogP contribution in [0.2, 0.25) is 0 Å². The van der Waals surface area contributed by atoms with E-state index in [0.717, 1.165) is 27.7 Å². The molecule has 4 heteroatoms. The number of nitrogens with two attached hydrogens (primary N) is 1. The molecule has 0 saturated heterocycles. The number of nitrogens with zero attached hydrogens (tertiary/aromatic N) is 3. The van der Waals surface area contributed by atoms with Gasteiger partial charge in [0.25, 0.3) is 0 Å². The molecular formula is C18H16N4. The molecule has 4 nitrogen and oxygen atoms in total. The summed E-state index contributed by atoms with van der Waals surface area (Å²) in [5.74, 6) is 0. The summed E-state index contributed by atoms with van der Waals surface area (Å²) in [6.45, 7) is 4.53. The van der Waals surface area contributed by atoms with Crippen LogP contribution < -0.4 is 5.73 Å². The second kappa shape index (κ2) is 5.55. The Kier molecular flexibility index (Phi) is 3.58. The highest BCUT2D eigenvalue weighted by Crippen LogP contribution is 2.32. The van der Waals surface area contributed by atoms with E-state index in [1.54, 1.807) is 12.4 Å². The molecule has 0 aliphatic heterocycles. The quantitative estimate of drug-likeness (QED) is 0.785. The van der Waals surface area contributed by atoms with Crippen molar-refractivity contribution in [1.82, 2.24) is 9.97 Å². The summed E-state index contributed by atoms with van der Waals surface area (Å²) in [7, 11) is 0. The van der Waals surface area contributed by atoms with Crippen molar-refractivity contribution in [1.29, 1.82) is 5.26 Å². The van der Waals surface area contributed by atoms with Crippen LogP contribution in [0.3, 0.4) is 0 Å². The lowest BCUT2D eigenvalue weighted by Gasteiger charge is -2.11. The molecule has 2 heterocycles. The van der Waals surface area contributed by atoms with Gasteiger partial charge in [-0.1, -0.05) is 6.07 Å². The molecule has 3 aromatic rings. The van der Waals surface area contributed by atoms with Gasteiger partial charge in [0, 0.05) is 35.5 Å². The second-order valence-corrected chi connectivity index (χ2v) is 5.35. The summed E-state index contributed by atoms with van der Waals surface area (Å²) < 4.78 is 0. The number of rotatable bonds is 2. The molecular weight excluding hydrogens is 272 g/mol. The summed E-state index contributed by atoms with van der Waals surface area (Å²) in [6, 6.07) is 10.2. The third-order valence-corrected chi connectivity index (χ3v) is 3.93. The van der Waals surface area contributed by atoms with Gasteiger partial charge in [-0.2, -0.15) is 5.26 Å². The largest absolute Gasteiger partial charge is 0.325 e. The van der Waals surface area contributed by atoms with Crippen molar-refractivity contribution in [3.63, 3.8) is 0 Å². The maximum absolute atomic E-state index is 9.43. The number of fused-ring (bicyclic) bond motifs is 1. The van der Waals surface area contributed by atoms with Gasteiger partial charge in [0.2, 0.25) is 0 Å². The summed E-state index contributed by atoms with van der Waals surface area (Å²) in [5.41, 5.74) is 12.0. The zero-order valence-electron chi connectivity index (χ0n) is 12.6. The molecule has 0 aliphatic carbocycles. The number of nitriles is 1. The highest BCUT2D eigenvalue weighted by molar-refractivity contribution is 5.97. The van der Waals surface area contributed by atoms with Gasteiger partial charge in [0.1, 0.15) is 6.07 Å². The molecule has 1 aromatic carbocycles. The van der Waals surface area contributed by atoms with E-state index in [1.165, 1.54) is 11.1 Å². The van der Waals surface area contributed by atoms with Crippen LogP contribution >= 0.6 is 0 Å². The fourth-order valence-electron chi connectivity index (χ4n) is 2.54. The first-order valence-corrected chi connectivity index (χ1v) is 7.09. The average molecular weight is 288 g/mol. The van der Waals surface area contributed by atoms with Crippen LogP contribution in [-0.2, 0) is 6.54 Å². The average Bonchev–Trinajstić information content (AvgIpc) is 2.55. The van der Waals surface area contributed by atoms with Gasteiger partial charge in [-0.15, -0.1) is 0 Å². The first kappa shape index (κ1) is 14.2. The lowest BCUT2D eigenvalue weighted by Crippen LogP contribution is -1.99. The first-order chi connectivity index (χ1) is 10.6. The summed E-state index contributed by atoms with van der Waals surface area (Å²) >= 11 is 0. The van der Waals surface area contributed by atoms with Gasteiger partial charge >= 0.3 is 0 Å². The predicted molar refractivity (Wildman–Crippen MR) is 87.1 cm³/mol. The van der Waals surface area contributed by atoms with E-state index in [9.17, 15) is 5.26 Å². The van der Waals surface area contributed by atoms with Crippen LogP contribution in [0.5, 0.6) is 0 Å². The van der Waals surface area contributed by atoms with Gasteiger partial charge in [-0.3, -0.25) is 9.97 Å². The Morgan fingerprint density at radius 3 is 2.50 bits per heavy atom. The van der Waals surface area contributed by atoms with E-state index >= 15 is 0 Å². The molecule has 0 atom stereocenters. The van der Waals surface area contributed by atoms with Crippen molar-refractivity contribution in [2.75, 3.05) is 0 Å². The molecule has 3 rings (SSSR count). The standard InChI is InChI=1S/C18H16N4/c1-11-5-16-17(6-12(11)2)22-10-14(7-19)18(16)13-3-4-15(8-20)21-9-13/h3-6,9-10H,8,20H2,1-2H3. The van der Waals surface area contributed by atoms with E-state index in [1.807, 2.05) is 12.1 Å². The lowest BCUT2D eigenvalue weighted by molar-refractivity contribution is 0.991. The van der Waals surface area contributed by atoms with Crippen molar-refractivity contribution < 1.29 is 0 Å². The fraction of sp³-hybridized carbons (Fsp3) is 0.167. The molecule has 0 aliphatic rings. The molecule has 2 aromatic heterocycles. The summed E-state index contributed by atoms with van der Waals surface area (Å²) in [5, 5.41) is 10.4. The smallest absolute Gasteiger partial charge is 0.101 e. The van der Waals surface area contributed by atoms with E-state index in [0.29, 0.717) is 12.1 Å². The van der Waals surface area contributed by atoms with Crippen molar-refractivity contribution in [2.45, 2.75) is 20.4 Å². The van der Waals surface area contributed by atoms with Crippen LogP contribution in [0.4, 0.5) is 0 Å². The number of hydrogen-bond donors (Lipinski definition) is 1. The first-order valence-electron chi connectivity index (χ1n) is 7.09. The normalized spacial score (nSPS) is 10.6. The molecule has 0 amide bonds. The second-order valence-electron chi connectivity index (χ2n) is 5.35. The Hall–Kier alpha value is -2.77. The van der Waals surface area contributed by atoms with Crippen molar-refractivity contribution in [3.05, 3.63) is 59.0 Å². The summed E-state index contributed by atoms with van der Waals surface area (Å²) in [6.07, 6.45) is 3.40. The molecule has 108 valence electrons. The molecule has 0 radical (unpaired) electrons. The van der Waals surface area contributed by atoms with Crippen LogP contribution in [0.15, 0.2) is 36.7 Å². The minimum Gasteiger partial charge on any atom is -0.325 e. The minimum absolute atomic E-state index is 0.404. The van der Waals surface area contributed by atoms with Crippen LogP contribution in [0.25, 0.3) is 22.0 Å². The number of hydrogen-bond acceptors (Lipinski definition) is 4. The van der Waals surface area contributed by atoms with E-state index < -0.39 is 0 Å². The van der Waals surface area contributed by atoms with Crippen LogP contribution in [-0.4, -0.2) is 9.97 Å². The highest BCUT2D eigenvalue weighted by atomic mass is 14.7. The van der Waals surface area contributed by atoms with Crippen molar-refractivity contribution in [3.8, 4) is 17.2 Å². The van der Waals surface area contributed by atoms with Crippen molar-refractivity contribution in [2.24, 2.45) is 5.73 Å². The van der Waals surface area contributed by atoms with Gasteiger partial charge in [-0.05, 0) is 43.2 Å². The number of aryl methyl sites for hydroxylation is 2. The van der Waals surface area contributed by atoms with Crippen LogP contribution in [0, 0.1) is 25.2 Å². The summed E-state index contributed by atoms with van der Waals surface area (Å²) in [4.78, 5) is 8.75. The zero-order chi connectivity index (χ0) is 15.7. The number of aromatic nitrogens is 2. The number of pyridine rings is 2. The predicted octanol–water partition coefficient (Wildman–Crippen LogP) is 3.24. The topological polar surface area (TPSA) is 75.6 Å². The van der Waals surface area contributed by atoms with E-state index in [4.69, 9.17) is 5.73 Å². The van der Waals surface area contributed by atoms with E-state index in [2.05, 4.69) is 42.0 Å². The molecule has 2 N–H and O–H groups in total. The molecule has 0 spiro atoms. The lowest BCUT2D eigenvalue weighted by atomic mass is 9.95. The maximum Gasteiger partial charge on any atom is 0.101 e. The molecule has 0 bridgehead atoms. The maximum atomic E-state index is 9.43. The Morgan fingerprint density at radius 1 is 1.09 bits per heavy atom. The Bertz CT molecular complexity index is 890. The SMILES string of the molecule is Cc1cc2ncc(C#N)c(-c3ccc(CN)nc3)c2cc1C. The van der Waals surface area contributed by atoms with Crippen LogP contribution in [0.1, 0.15) is 22.4 Å². The van der Waals surface area contributed by atoms with Gasteiger partial charge in [0.15, 0.2) is 0 Å². The van der Waals surface area contributed by atoms with Crippen molar-refractivity contribution >= 4 is 10.9 Å². The third-order valence-electron chi connectivity index (χ3n) is 3.93. The van der Waals surface area contributed by atoms with Gasteiger partial charge in [0.05, 0.1) is 16.8 Å². The Morgan fingerprint density at radius 2 is 1.86 bits per heavy atom. The third kappa shape index (κ3) is 2.32. The Labute approximate surface area is 129 Å². The molecule has 22 heavy (non-hydrogen) atoms. The molecule has 0 saturated carbocycles. The minimum atomic E-state index is 0.404. The van der Waals surface area contributed by atoms with Gasteiger partial charge in [-0.25, -0.2) is 0 Å². The molecule has 0 fully saturated rings. The Balaban J connectivity index is 2.34. The molecule has 0 unspecified atom stereocenters. The highest BCUT2D eigenvalue weighted by Gasteiger charge is 2.12.